The van der Waals surface area contributed by atoms with Crippen LogP contribution in [0, 0.1) is 0 Å². The molecule has 2 aromatic carbocycles. The molecular formula is C21H13F6NO4. The van der Waals surface area contributed by atoms with Gasteiger partial charge in [-0.1, -0.05) is 24.3 Å². The molecule has 32 heavy (non-hydrogen) atoms. The Morgan fingerprint density at radius 1 is 0.781 bits per heavy atom. The molecule has 0 spiro atoms. The number of hydrogen-bond acceptors (Lipinski definition) is 5. The molecule has 0 aliphatic heterocycles. The number of halogens is 6. The molecule has 0 amide bonds. The van der Waals surface area contributed by atoms with Crippen molar-refractivity contribution < 1.29 is 45.3 Å². The van der Waals surface area contributed by atoms with Gasteiger partial charge in [0.25, 0.3) is 0 Å². The van der Waals surface area contributed by atoms with E-state index in [0.29, 0.717) is 0 Å². The monoisotopic (exact) mass is 457 g/mol. The van der Waals surface area contributed by atoms with E-state index in [1.807, 2.05) is 0 Å². The minimum atomic E-state index is -4.94. The molecule has 1 heterocycles. The molecule has 0 N–H and O–H groups in total. The molecule has 168 valence electrons. The number of rotatable bonds is 5. The Hall–Kier alpha value is -3.76. The Morgan fingerprint density at radius 2 is 1.31 bits per heavy atom. The quantitative estimate of drug-likeness (QED) is 0.348. The molecule has 11 heteroatoms. The molecule has 3 aromatic rings. The molecule has 0 fully saturated rings. The van der Waals surface area contributed by atoms with Gasteiger partial charge < -0.3 is 14.2 Å². The van der Waals surface area contributed by atoms with Crippen molar-refractivity contribution in [1.29, 1.82) is 0 Å². The predicted octanol–water partition coefficient (Wildman–Crippen LogP) is 6.00. The first kappa shape index (κ1) is 22.9. The van der Waals surface area contributed by atoms with Crippen molar-refractivity contribution in [3.05, 3.63) is 66.4 Å². The van der Waals surface area contributed by atoms with Crippen molar-refractivity contribution >= 4 is 5.97 Å². The van der Waals surface area contributed by atoms with E-state index in [0.717, 1.165) is 31.4 Å². The van der Waals surface area contributed by atoms with Gasteiger partial charge in [-0.3, -0.25) is 0 Å². The van der Waals surface area contributed by atoms with Gasteiger partial charge in [-0.05, 0) is 42.0 Å². The van der Waals surface area contributed by atoms with Gasteiger partial charge in [0.05, 0.1) is 12.8 Å². The minimum absolute atomic E-state index is 0.0182. The highest BCUT2D eigenvalue weighted by atomic mass is 19.4. The van der Waals surface area contributed by atoms with Gasteiger partial charge >= 0.3 is 18.7 Å². The molecule has 0 atom stereocenters. The fourth-order valence-corrected chi connectivity index (χ4v) is 2.83. The summed E-state index contributed by atoms with van der Waals surface area (Å²) in [6.45, 7) is 0. The molecule has 0 saturated heterocycles. The van der Waals surface area contributed by atoms with Crippen LogP contribution in [0.25, 0.3) is 22.4 Å². The number of ether oxygens (including phenoxy) is 3. The lowest BCUT2D eigenvalue weighted by Crippen LogP contribution is -2.17. The zero-order chi connectivity index (χ0) is 23.5. The molecule has 5 nitrogen and oxygen atoms in total. The van der Waals surface area contributed by atoms with Gasteiger partial charge in [-0.25, -0.2) is 9.78 Å². The van der Waals surface area contributed by atoms with Crippen molar-refractivity contribution in [3.63, 3.8) is 0 Å². The average molecular weight is 457 g/mol. The number of nitrogens with zero attached hydrogens (tertiary/aromatic N) is 1. The van der Waals surface area contributed by atoms with Crippen LogP contribution in [0.1, 0.15) is 10.5 Å². The van der Waals surface area contributed by atoms with Gasteiger partial charge in [-0.2, -0.15) is 0 Å². The zero-order valence-corrected chi connectivity index (χ0v) is 16.1. The third-order valence-corrected chi connectivity index (χ3v) is 4.01. The first-order valence-electron chi connectivity index (χ1n) is 8.77. The van der Waals surface area contributed by atoms with Gasteiger partial charge in [0.2, 0.25) is 0 Å². The maximum absolute atomic E-state index is 12.6. The summed E-state index contributed by atoms with van der Waals surface area (Å²) in [5.41, 5.74) is 0.428. The Bertz CT molecular complexity index is 1130. The smallest absolute Gasteiger partial charge is 0.464 e. The van der Waals surface area contributed by atoms with Crippen LogP contribution in [0.2, 0.25) is 0 Å². The Balaban J connectivity index is 2.14. The highest BCUT2D eigenvalue weighted by Crippen LogP contribution is 2.36. The molecule has 0 saturated carbocycles. The van der Waals surface area contributed by atoms with Crippen LogP contribution in [0.15, 0.2) is 60.7 Å². The fourth-order valence-electron chi connectivity index (χ4n) is 2.83. The number of hydrogen-bond donors (Lipinski definition) is 0. The highest BCUT2D eigenvalue weighted by molar-refractivity contribution is 5.90. The number of aromatic nitrogens is 1. The highest BCUT2D eigenvalue weighted by Gasteiger charge is 2.32. The second kappa shape index (κ2) is 8.77. The summed E-state index contributed by atoms with van der Waals surface area (Å²) in [6, 6.07) is 12.4. The van der Waals surface area contributed by atoms with Crippen LogP contribution in [0.5, 0.6) is 11.5 Å². The summed E-state index contributed by atoms with van der Waals surface area (Å²) >= 11 is 0. The van der Waals surface area contributed by atoms with E-state index in [2.05, 4.69) is 19.2 Å². The number of carbonyl (C=O) groups is 1. The Labute approximate surface area is 177 Å². The van der Waals surface area contributed by atoms with Crippen LogP contribution >= 0.6 is 0 Å². The number of carbonyl (C=O) groups excluding carboxylic acids is 1. The van der Waals surface area contributed by atoms with E-state index in [-0.39, 0.29) is 28.1 Å². The van der Waals surface area contributed by atoms with Gasteiger partial charge in [0, 0.05) is 11.1 Å². The molecule has 1 aromatic heterocycles. The summed E-state index contributed by atoms with van der Waals surface area (Å²) in [6.07, 6.45) is -9.86. The molecular weight excluding hydrogens is 444 g/mol. The van der Waals surface area contributed by atoms with Crippen LogP contribution in [0.4, 0.5) is 26.3 Å². The SMILES string of the molecule is COC(=O)c1ccc(-c2cccc(OC(F)(F)F)c2)c(-c2cccc(OC(F)(F)F)c2)n1. The van der Waals surface area contributed by atoms with Gasteiger partial charge in [0.15, 0.2) is 0 Å². The molecule has 0 bridgehead atoms. The third-order valence-electron chi connectivity index (χ3n) is 4.01. The summed E-state index contributed by atoms with van der Waals surface area (Å²) < 4.78 is 88.1. The molecule has 3 rings (SSSR count). The van der Waals surface area contributed by atoms with Crippen molar-refractivity contribution in [2.75, 3.05) is 7.11 Å². The number of pyridine rings is 1. The van der Waals surface area contributed by atoms with Crippen molar-refractivity contribution in [1.82, 2.24) is 4.98 Å². The Kier molecular flexibility index (Phi) is 6.28. The molecule has 0 radical (unpaired) electrons. The maximum atomic E-state index is 12.6. The second-order valence-electron chi connectivity index (χ2n) is 6.24. The van der Waals surface area contributed by atoms with E-state index >= 15 is 0 Å². The van der Waals surface area contributed by atoms with Crippen molar-refractivity contribution in [2.45, 2.75) is 12.7 Å². The Morgan fingerprint density at radius 3 is 1.84 bits per heavy atom. The molecule has 0 aliphatic rings. The average Bonchev–Trinajstić information content (AvgIpc) is 2.70. The second-order valence-corrected chi connectivity index (χ2v) is 6.24. The van der Waals surface area contributed by atoms with Crippen LogP contribution in [0.3, 0.4) is 0 Å². The normalized spacial score (nSPS) is 11.7. The van der Waals surface area contributed by atoms with Gasteiger partial charge in [0.1, 0.15) is 17.2 Å². The van der Waals surface area contributed by atoms with Crippen LogP contribution < -0.4 is 9.47 Å². The maximum Gasteiger partial charge on any atom is 0.573 e. The van der Waals surface area contributed by atoms with E-state index in [9.17, 15) is 31.1 Å². The van der Waals surface area contributed by atoms with Gasteiger partial charge in [-0.15, -0.1) is 26.3 Å². The predicted molar refractivity (Wildman–Crippen MR) is 99.8 cm³/mol. The van der Waals surface area contributed by atoms with E-state index < -0.39 is 30.2 Å². The fraction of sp³-hybridized carbons (Fsp3) is 0.143. The summed E-state index contributed by atoms with van der Waals surface area (Å²) in [5.74, 6) is -1.86. The minimum Gasteiger partial charge on any atom is -0.464 e. The summed E-state index contributed by atoms with van der Waals surface area (Å²) in [7, 11) is 1.12. The van der Waals surface area contributed by atoms with E-state index in [1.54, 1.807) is 0 Å². The lowest BCUT2D eigenvalue weighted by molar-refractivity contribution is -0.275. The molecule has 0 aliphatic carbocycles. The largest absolute Gasteiger partial charge is 0.573 e. The molecule has 0 unspecified atom stereocenters. The summed E-state index contributed by atoms with van der Waals surface area (Å²) in [4.78, 5) is 16.1. The summed E-state index contributed by atoms with van der Waals surface area (Å²) in [5, 5.41) is 0. The number of esters is 1. The van der Waals surface area contributed by atoms with Crippen LogP contribution in [-0.4, -0.2) is 30.8 Å². The number of alkyl halides is 6. The lowest BCUT2D eigenvalue weighted by atomic mass is 9.98. The topological polar surface area (TPSA) is 57.7 Å². The number of methoxy groups -OCH3 is 1. The first-order chi connectivity index (χ1) is 14.9. The third kappa shape index (κ3) is 5.90. The van der Waals surface area contributed by atoms with E-state index in [4.69, 9.17) is 0 Å². The van der Waals surface area contributed by atoms with Crippen molar-refractivity contribution in [3.8, 4) is 33.9 Å². The lowest BCUT2D eigenvalue weighted by Gasteiger charge is -2.14. The zero-order valence-electron chi connectivity index (χ0n) is 16.1. The number of benzene rings is 2. The van der Waals surface area contributed by atoms with Crippen LogP contribution in [-0.2, 0) is 4.74 Å². The standard InChI is InChI=1S/C21H13F6NO4/c1-30-19(29)17-9-8-16(12-4-2-6-14(10-12)31-20(22,23)24)18(28-17)13-5-3-7-15(11-13)32-21(25,26)27/h2-11H,1H3. The van der Waals surface area contributed by atoms with E-state index in [1.165, 1.54) is 36.4 Å². The van der Waals surface area contributed by atoms with Crippen molar-refractivity contribution in [2.24, 2.45) is 0 Å². The first-order valence-corrected chi connectivity index (χ1v) is 8.77.